The summed E-state index contributed by atoms with van der Waals surface area (Å²) in [4.78, 5) is 23.4. The lowest BCUT2D eigenvalue weighted by molar-refractivity contribution is -0.140. The van der Waals surface area contributed by atoms with E-state index < -0.39 is 11.9 Å². The Morgan fingerprint density at radius 3 is 2.52 bits per heavy atom. The molecule has 12 heteroatoms. The number of nitrogens with one attached hydrogen (secondary N) is 2. The number of imidazole rings is 1. The second-order valence-corrected chi connectivity index (χ2v) is 7.21. The second-order valence-electron chi connectivity index (χ2n) is 6.50. The van der Waals surface area contributed by atoms with Gasteiger partial charge in [0.15, 0.2) is 11.5 Å². The van der Waals surface area contributed by atoms with Crippen LogP contribution in [0, 0.1) is 0 Å². The normalized spacial score (nSPS) is 11.4. The standard InChI is InChI=1S/C19H17Cl2F3N6O/c1-30-10-14(19(22,23)24)28-17(30)12-4-2-11(3-5-12)8-25-16-13(9-26-18(21)29-16)27-15(31)6-7-20/h2-5,9-10H,6-8H2,1H3,(H,27,31)(H,25,26,29). The van der Waals surface area contributed by atoms with Crippen LogP contribution in [-0.4, -0.2) is 31.3 Å². The SMILES string of the molecule is Cn1cc(C(F)(F)F)nc1-c1ccc(CNc2nc(Cl)ncc2NC(=O)CCCl)cc1. The van der Waals surface area contributed by atoms with Gasteiger partial charge >= 0.3 is 6.18 Å². The van der Waals surface area contributed by atoms with Gasteiger partial charge in [-0.15, -0.1) is 11.6 Å². The molecule has 0 radical (unpaired) electrons. The lowest BCUT2D eigenvalue weighted by atomic mass is 10.1. The van der Waals surface area contributed by atoms with Crippen LogP contribution in [-0.2, 0) is 24.6 Å². The lowest BCUT2D eigenvalue weighted by Crippen LogP contribution is -2.15. The number of hydrogen-bond donors (Lipinski definition) is 2. The Kier molecular flexibility index (Phi) is 7.01. The molecule has 0 aliphatic heterocycles. The molecule has 2 heterocycles. The third-order valence-electron chi connectivity index (χ3n) is 4.19. The number of anilines is 2. The maximum absolute atomic E-state index is 12.9. The van der Waals surface area contributed by atoms with Gasteiger partial charge in [0.2, 0.25) is 11.2 Å². The molecule has 0 aliphatic rings. The van der Waals surface area contributed by atoms with Crippen molar-refractivity contribution in [1.82, 2.24) is 19.5 Å². The minimum atomic E-state index is -4.50. The number of carbonyl (C=O) groups excluding carboxylic acids is 1. The van der Waals surface area contributed by atoms with E-state index in [9.17, 15) is 18.0 Å². The first-order valence-electron chi connectivity index (χ1n) is 8.99. The van der Waals surface area contributed by atoms with Crippen molar-refractivity contribution in [1.29, 1.82) is 0 Å². The zero-order valence-corrected chi connectivity index (χ0v) is 17.7. The van der Waals surface area contributed by atoms with Gasteiger partial charge in [0.25, 0.3) is 0 Å². The van der Waals surface area contributed by atoms with Crippen LogP contribution in [0.15, 0.2) is 36.7 Å². The summed E-state index contributed by atoms with van der Waals surface area (Å²) in [6.45, 7) is 0.320. The molecule has 0 bridgehead atoms. The van der Waals surface area contributed by atoms with E-state index in [0.29, 0.717) is 23.6 Å². The van der Waals surface area contributed by atoms with Crippen LogP contribution in [0.4, 0.5) is 24.7 Å². The van der Waals surface area contributed by atoms with Crippen molar-refractivity contribution in [3.63, 3.8) is 0 Å². The van der Waals surface area contributed by atoms with Crippen molar-refractivity contribution >= 4 is 40.6 Å². The Morgan fingerprint density at radius 2 is 1.90 bits per heavy atom. The Labute approximate surface area is 185 Å². The summed E-state index contributed by atoms with van der Waals surface area (Å²) in [5.41, 5.74) is 0.770. The molecule has 0 atom stereocenters. The molecule has 0 unspecified atom stereocenters. The first-order chi connectivity index (χ1) is 14.7. The largest absolute Gasteiger partial charge is 0.434 e. The third kappa shape index (κ3) is 5.86. The molecule has 0 saturated heterocycles. The Bertz CT molecular complexity index is 1070. The number of amides is 1. The average molecular weight is 473 g/mol. The van der Waals surface area contributed by atoms with E-state index in [1.54, 1.807) is 24.3 Å². The van der Waals surface area contributed by atoms with E-state index in [1.807, 2.05) is 0 Å². The highest BCUT2D eigenvalue weighted by Gasteiger charge is 2.34. The van der Waals surface area contributed by atoms with Gasteiger partial charge in [-0.3, -0.25) is 4.79 Å². The van der Waals surface area contributed by atoms with Gasteiger partial charge in [0.1, 0.15) is 11.5 Å². The Balaban J connectivity index is 1.72. The third-order valence-corrected chi connectivity index (χ3v) is 4.56. The smallest absolute Gasteiger partial charge is 0.364 e. The van der Waals surface area contributed by atoms with Crippen molar-refractivity contribution in [3.05, 3.63) is 53.2 Å². The summed E-state index contributed by atoms with van der Waals surface area (Å²) in [5.74, 6) is 0.418. The van der Waals surface area contributed by atoms with Crippen molar-refractivity contribution in [2.24, 2.45) is 7.05 Å². The van der Waals surface area contributed by atoms with Crippen LogP contribution in [0.2, 0.25) is 5.28 Å². The molecule has 0 saturated carbocycles. The van der Waals surface area contributed by atoms with E-state index in [2.05, 4.69) is 25.6 Å². The van der Waals surface area contributed by atoms with E-state index in [0.717, 1.165) is 11.8 Å². The molecule has 7 nitrogen and oxygen atoms in total. The molecule has 2 N–H and O–H groups in total. The number of halogens is 5. The fourth-order valence-electron chi connectivity index (χ4n) is 2.71. The van der Waals surface area contributed by atoms with Crippen molar-refractivity contribution in [2.45, 2.75) is 19.1 Å². The maximum Gasteiger partial charge on any atom is 0.434 e. The highest BCUT2D eigenvalue weighted by molar-refractivity contribution is 6.28. The van der Waals surface area contributed by atoms with E-state index in [-0.39, 0.29) is 29.3 Å². The summed E-state index contributed by atoms with van der Waals surface area (Å²) in [6, 6.07) is 6.85. The lowest BCUT2D eigenvalue weighted by Gasteiger charge is -2.12. The highest BCUT2D eigenvalue weighted by Crippen LogP contribution is 2.30. The molecule has 31 heavy (non-hydrogen) atoms. The predicted molar refractivity (Wildman–Crippen MR) is 112 cm³/mol. The van der Waals surface area contributed by atoms with Crippen LogP contribution >= 0.6 is 23.2 Å². The summed E-state index contributed by atoms with van der Waals surface area (Å²) in [6.07, 6.45) is -2.04. The van der Waals surface area contributed by atoms with Crippen LogP contribution in [0.5, 0.6) is 0 Å². The monoisotopic (exact) mass is 472 g/mol. The number of alkyl halides is 4. The van der Waals surface area contributed by atoms with E-state index in [1.165, 1.54) is 17.8 Å². The van der Waals surface area contributed by atoms with Gasteiger partial charge in [-0.1, -0.05) is 24.3 Å². The summed E-state index contributed by atoms with van der Waals surface area (Å²) < 4.78 is 39.9. The summed E-state index contributed by atoms with van der Waals surface area (Å²) in [5, 5.41) is 5.72. The van der Waals surface area contributed by atoms with Gasteiger partial charge < -0.3 is 15.2 Å². The molecular formula is C19H17Cl2F3N6O. The van der Waals surface area contributed by atoms with Crippen molar-refractivity contribution < 1.29 is 18.0 Å². The van der Waals surface area contributed by atoms with Crippen LogP contribution in [0.25, 0.3) is 11.4 Å². The molecule has 3 aromatic rings. The van der Waals surface area contributed by atoms with E-state index in [4.69, 9.17) is 23.2 Å². The minimum absolute atomic E-state index is 0.00319. The molecule has 1 amide bonds. The number of rotatable bonds is 7. The second kappa shape index (κ2) is 9.52. The number of aromatic nitrogens is 4. The highest BCUT2D eigenvalue weighted by atomic mass is 35.5. The topological polar surface area (TPSA) is 84.7 Å². The number of nitrogens with zero attached hydrogens (tertiary/aromatic N) is 4. The first kappa shape index (κ1) is 22.8. The van der Waals surface area contributed by atoms with Gasteiger partial charge in [-0.25, -0.2) is 9.97 Å². The van der Waals surface area contributed by atoms with Crippen LogP contribution < -0.4 is 10.6 Å². The Morgan fingerprint density at radius 1 is 1.19 bits per heavy atom. The fourth-order valence-corrected chi connectivity index (χ4v) is 3.02. The predicted octanol–water partition coefficient (Wildman–Crippen LogP) is 4.73. The number of aryl methyl sites for hydroxylation is 1. The molecule has 3 rings (SSSR count). The van der Waals surface area contributed by atoms with E-state index >= 15 is 0 Å². The molecule has 0 spiro atoms. The van der Waals surface area contributed by atoms with Crippen molar-refractivity contribution in [3.8, 4) is 11.4 Å². The maximum atomic E-state index is 12.9. The molecule has 1 aromatic carbocycles. The van der Waals surface area contributed by atoms with Gasteiger partial charge in [0, 0.05) is 37.7 Å². The molecule has 0 fully saturated rings. The summed E-state index contributed by atoms with van der Waals surface area (Å²) >= 11 is 11.4. The number of hydrogen-bond acceptors (Lipinski definition) is 5. The van der Waals surface area contributed by atoms with Crippen LogP contribution in [0.1, 0.15) is 17.7 Å². The van der Waals surface area contributed by atoms with Gasteiger partial charge in [0.05, 0.1) is 6.20 Å². The molecular weight excluding hydrogens is 456 g/mol. The fraction of sp³-hybridized carbons (Fsp3) is 0.263. The number of benzene rings is 1. The van der Waals surface area contributed by atoms with Crippen molar-refractivity contribution in [2.75, 3.05) is 16.5 Å². The average Bonchev–Trinajstić information content (AvgIpc) is 3.11. The minimum Gasteiger partial charge on any atom is -0.364 e. The first-order valence-corrected chi connectivity index (χ1v) is 9.90. The zero-order valence-electron chi connectivity index (χ0n) is 16.2. The quantitative estimate of drug-likeness (QED) is 0.383. The van der Waals surface area contributed by atoms with Crippen LogP contribution in [0.3, 0.4) is 0 Å². The molecule has 0 aliphatic carbocycles. The molecule has 164 valence electrons. The Hall–Kier alpha value is -2.85. The zero-order chi connectivity index (χ0) is 22.6. The number of carbonyl (C=O) groups is 1. The summed E-state index contributed by atoms with van der Waals surface area (Å²) in [7, 11) is 1.51. The molecule has 2 aromatic heterocycles. The van der Waals surface area contributed by atoms with Gasteiger partial charge in [-0.05, 0) is 17.2 Å². The van der Waals surface area contributed by atoms with Gasteiger partial charge in [-0.2, -0.15) is 18.2 Å².